The number of carbonyl (C=O) groups is 1. The van der Waals surface area contributed by atoms with E-state index in [-0.39, 0.29) is 38.5 Å². The molecule has 0 amide bonds. The quantitative estimate of drug-likeness (QED) is 0.0421. The molecule has 0 N–H and O–H groups in total. The molecule has 6 nitrogen and oxygen atoms in total. The van der Waals surface area contributed by atoms with Gasteiger partial charge in [-0.15, -0.1) is 11.3 Å². The first-order valence-corrected chi connectivity index (χ1v) is 36.6. The Kier molecular flexibility index (Phi) is 21.6. The molecule has 3 atom stereocenters. The van der Waals surface area contributed by atoms with Gasteiger partial charge >= 0.3 is 0 Å². The third-order valence-electron chi connectivity index (χ3n) is 15.5. The normalized spacial score (nSPS) is 16.6. The van der Waals surface area contributed by atoms with Crippen molar-refractivity contribution < 1.29 is 22.5 Å². The van der Waals surface area contributed by atoms with Crippen molar-refractivity contribution in [3.8, 4) is 0 Å². The second-order valence-corrected chi connectivity index (χ2v) is 45.4. The number of allylic oxidation sites excluding steroid dienone is 1. The van der Waals surface area contributed by atoms with Crippen LogP contribution in [0, 0.1) is 24.2 Å². The average Bonchev–Trinajstić information content (AvgIpc) is 3.49. The largest absolute Gasteiger partial charge is 0.417 e. The van der Waals surface area contributed by atoms with Crippen molar-refractivity contribution in [2.45, 2.75) is 254 Å². The van der Waals surface area contributed by atoms with Gasteiger partial charge in [-0.1, -0.05) is 122 Å². The first-order valence-electron chi connectivity index (χ1n) is 24.1. The molecule has 0 aliphatic rings. The van der Waals surface area contributed by atoms with Gasteiger partial charge in [0.05, 0.1) is 16.8 Å². The summed E-state index contributed by atoms with van der Waals surface area (Å²) in [4.78, 5) is 18.6. The lowest BCUT2D eigenvalue weighted by Gasteiger charge is -2.52. The second-order valence-electron chi connectivity index (χ2n) is 25.5. The lowest BCUT2D eigenvalue weighted by molar-refractivity contribution is -0.131. The number of hydrogen-bond donors (Lipinski definition) is 0. The summed E-state index contributed by atoms with van der Waals surface area (Å²) in [5, 5.41) is 3.21. The van der Waals surface area contributed by atoms with Gasteiger partial charge in [-0.05, 0) is 144 Å². The summed E-state index contributed by atoms with van der Waals surface area (Å²) in [6.45, 7) is 60.0. The summed E-state index contributed by atoms with van der Waals surface area (Å²) < 4.78 is 28.3. The third kappa shape index (κ3) is 17.6. The Balaban J connectivity index is 2.87. The van der Waals surface area contributed by atoms with Crippen molar-refractivity contribution in [2.75, 3.05) is 6.61 Å². The van der Waals surface area contributed by atoms with E-state index in [0.29, 0.717) is 18.3 Å². The molecule has 0 saturated heterocycles. The van der Waals surface area contributed by atoms with Crippen LogP contribution in [0.25, 0.3) is 6.08 Å². The Labute approximate surface area is 393 Å². The molecule has 362 valence electrons. The number of aromatic nitrogens is 1. The van der Waals surface area contributed by atoms with E-state index in [1.54, 1.807) is 11.3 Å². The van der Waals surface area contributed by atoms with E-state index in [9.17, 15) is 4.79 Å². The van der Waals surface area contributed by atoms with Gasteiger partial charge in [0.1, 0.15) is 12.1 Å². The Morgan fingerprint density at radius 2 is 1.23 bits per heavy atom. The fourth-order valence-corrected chi connectivity index (χ4v) is 13.3. The number of Topliss-reactive ketones (excluding diaryl/α,β-unsaturated/α-hetero) is 1. The summed E-state index contributed by atoms with van der Waals surface area (Å²) in [5.74, 6) is 0.908. The van der Waals surface area contributed by atoms with Crippen molar-refractivity contribution in [1.82, 2.24) is 4.98 Å². The van der Waals surface area contributed by atoms with Crippen LogP contribution in [0.15, 0.2) is 22.6 Å². The van der Waals surface area contributed by atoms with E-state index < -0.39 is 38.7 Å². The highest BCUT2D eigenvalue weighted by Gasteiger charge is 2.54. The van der Waals surface area contributed by atoms with Crippen LogP contribution < -0.4 is 0 Å². The van der Waals surface area contributed by atoms with Crippen LogP contribution in [0.1, 0.15) is 173 Å². The number of ketones is 1. The standard InChI is InChI=1S/C51H101NO5SSi4/c1-38(31-32-44(55-59(19,20)47(6,7)8)40(3)36-43-37-58-42(5)52-43)29-27-30-39(2)35-41(4)45(53)50(15,16)33-28-34-54-62(25,26)51(17,18)46(56-60(21,22)48(9,10)11)57-61(23,24)49(12,13)14/h31,36-37,39,41,44,46H,27-30,32-35H2,1-26H3/b38-31?,40-36-. The van der Waals surface area contributed by atoms with Crippen LogP contribution in [0.3, 0.4) is 0 Å². The van der Waals surface area contributed by atoms with Crippen molar-refractivity contribution in [3.05, 3.63) is 33.3 Å². The zero-order chi connectivity index (χ0) is 48.7. The fraction of sp³-hybridized carbons (Fsp3) is 0.843. The molecule has 62 heavy (non-hydrogen) atoms. The molecule has 1 rings (SSSR count). The highest BCUT2D eigenvalue weighted by Crippen LogP contribution is 2.50. The van der Waals surface area contributed by atoms with Gasteiger partial charge in [0, 0.05) is 28.4 Å². The summed E-state index contributed by atoms with van der Waals surface area (Å²) in [6, 6.07) is 0. The smallest absolute Gasteiger partial charge is 0.197 e. The Morgan fingerprint density at radius 1 is 0.742 bits per heavy atom. The van der Waals surface area contributed by atoms with Crippen molar-refractivity contribution in [1.29, 1.82) is 0 Å². The molecule has 0 saturated carbocycles. The maximum atomic E-state index is 13.9. The van der Waals surface area contributed by atoms with E-state index in [1.165, 1.54) is 11.1 Å². The van der Waals surface area contributed by atoms with Crippen LogP contribution in [-0.2, 0) is 22.5 Å². The molecular formula is C51H101NO5SSi4. The van der Waals surface area contributed by atoms with Gasteiger partial charge in [-0.2, -0.15) is 0 Å². The number of aryl methyl sites for hydroxylation is 1. The molecule has 1 aromatic heterocycles. The Bertz CT molecular complexity index is 1590. The molecule has 11 heteroatoms. The fourth-order valence-electron chi connectivity index (χ4n) is 6.91. The number of rotatable bonds is 25. The van der Waals surface area contributed by atoms with Crippen molar-refractivity contribution in [3.63, 3.8) is 0 Å². The maximum absolute atomic E-state index is 13.9. The van der Waals surface area contributed by atoms with Crippen LogP contribution in [0.4, 0.5) is 0 Å². The zero-order valence-corrected chi connectivity index (χ0v) is 50.4. The molecule has 1 heterocycles. The van der Waals surface area contributed by atoms with E-state index in [2.05, 4.69) is 195 Å². The highest BCUT2D eigenvalue weighted by molar-refractivity contribution is 7.09. The minimum absolute atomic E-state index is 0.0348. The number of nitrogens with zero attached hydrogens (tertiary/aromatic N) is 1. The topological polar surface area (TPSA) is 66.9 Å². The third-order valence-corrected chi connectivity index (χ3v) is 33.9. The van der Waals surface area contributed by atoms with E-state index in [0.717, 1.165) is 55.6 Å². The van der Waals surface area contributed by atoms with E-state index in [1.807, 2.05) is 0 Å². The first-order chi connectivity index (χ1) is 27.6. The molecule has 0 aliphatic heterocycles. The van der Waals surface area contributed by atoms with Gasteiger partial charge in [-0.3, -0.25) is 4.79 Å². The summed E-state index contributed by atoms with van der Waals surface area (Å²) in [6.07, 6.45) is 11.1. The maximum Gasteiger partial charge on any atom is 0.197 e. The van der Waals surface area contributed by atoms with Crippen molar-refractivity contribution >= 4 is 56.5 Å². The SMILES string of the molecule is CC(=CCC(O[Si](C)(C)C(C)(C)C)/C(C)=C\c1csc(C)n1)CCCC(C)CC(C)C(=O)C(C)(C)CCCO[Si](C)(C)C(C)(C)C(O[Si](C)(C)C(C)(C)C)O[Si](C)(C)C(C)(C)C. The molecular weight excluding hydrogens is 851 g/mol. The molecule has 0 aliphatic carbocycles. The van der Waals surface area contributed by atoms with E-state index >= 15 is 0 Å². The Hall–Kier alpha value is -0.512. The molecule has 0 radical (unpaired) electrons. The average molecular weight is 953 g/mol. The second kappa shape index (κ2) is 22.5. The minimum Gasteiger partial charge on any atom is -0.417 e. The van der Waals surface area contributed by atoms with Gasteiger partial charge < -0.3 is 17.7 Å². The minimum atomic E-state index is -2.35. The van der Waals surface area contributed by atoms with Crippen LogP contribution in [0.2, 0.25) is 72.5 Å². The number of hydrogen-bond acceptors (Lipinski definition) is 7. The van der Waals surface area contributed by atoms with Crippen LogP contribution in [-0.4, -0.2) is 63.0 Å². The molecule has 0 fully saturated rings. The molecule has 1 aromatic rings. The van der Waals surface area contributed by atoms with Gasteiger partial charge in [-0.25, -0.2) is 4.98 Å². The van der Waals surface area contributed by atoms with Crippen LogP contribution in [0.5, 0.6) is 0 Å². The first kappa shape index (κ1) is 59.5. The lowest BCUT2D eigenvalue weighted by Crippen LogP contribution is -2.58. The van der Waals surface area contributed by atoms with E-state index in [4.69, 9.17) is 22.7 Å². The molecule has 3 unspecified atom stereocenters. The van der Waals surface area contributed by atoms with Gasteiger partial charge in [0.2, 0.25) is 0 Å². The predicted octanol–water partition coefficient (Wildman–Crippen LogP) is 17.2. The molecule has 0 aromatic carbocycles. The van der Waals surface area contributed by atoms with Crippen LogP contribution >= 0.6 is 11.3 Å². The summed E-state index contributed by atoms with van der Waals surface area (Å²) in [5.41, 5.74) is 3.29. The van der Waals surface area contributed by atoms with Crippen molar-refractivity contribution in [2.24, 2.45) is 17.3 Å². The number of thiazole rings is 1. The van der Waals surface area contributed by atoms with Gasteiger partial charge in [0.25, 0.3) is 0 Å². The number of carbonyl (C=O) groups excluding carboxylic acids is 1. The zero-order valence-electron chi connectivity index (χ0n) is 45.6. The highest BCUT2D eigenvalue weighted by atomic mass is 32.1. The van der Waals surface area contributed by atoms with Gasteiger partial charge in [0.15, 0.2) is 33.3 Å². The predicted molar refractivity (Wildman–Crippen MR) is 284 cm³/mol. The molecule has 0 spiro atoms. The molecule has 0 bridgehead atoms. The monoisotopic (exact) mass is 952 g/mol. The summed E-state index contributed by atoms with van der Waals surface area (Å²) >= 11 is 1.69. The summed E-state index contributed by atoms with van der Waals surface area (Å²) in [7, 11) is -8.61. The Morgan fingerprint density at radius 3 is 1.68 bits per heavy atom. The lowest BCUT2D eigenvalue weighted by atomic mass is 9.76.